The fourth-order valence-corrected chi connectivity index (χ4v) is 2.92. The van der Waals surface area contributed by atoms with Gasteiger partial charge in [-0.1, -0.05) is 20.8 Å². The minimum atomic E-state index is -3.27. The lowest BCUT2D eigenvalue weighted by atomic mass is 10.0. The van der Waals surface area contributed by atoms with E-state index in [1.807, 2.05) is 6.92 Å². The second-order valence-electron chi connectivity index (χ2n) is 5.35. The first-order valence-corrected chi connectivity index (χ1v) is 8.63. The molecule has 1 aromatic carbocycles. The maximum absolute atomic E-state index is 11.9. The second-order valence-corrected chi connectivity index (χ2v) is 7.20. The zero-order valence-electron chi connectivity index (χ0n) is 12.3. The molecule has 4 nitrogen and oxygen atoms in total. The molecule has 0 atom stereocenters. The Hall–Kier alpha value is -1.36. The first-order chi connectivity index (χ1) is 9.34. The van der Waals surface area contributed by atoms with Crippen LogP contribution in [0.4, 0.5) is 5.69 Å². The Labute approximate surface area is 121 Å². The van der Waals surface area contributed by atoms with Crippen LogP contribution in [0.15, 0.2) is 24.3 Å². The van der Waals surface area contributed by atoms with Crippen molar-refractivity contribution in [3.8, 4) is 0 Å². The Kier molecular flexibility index (Phi) is 6.20. The van der Waals surface area contributed by atoms with Crippen LogP contribution in [-0.4, -0.2) is 20.0 Å². The van der Waals surface area contributed by atoms with Crippen LogP contribution in [0.3, 0.4) is 0 Å². The highest BCUT2D eigenvalue weighted by atomic mass is 32.2. The minimum Gasteiger partial charge on any atom is -0.294 e. The van der Waals surface area contributed by atoms with Crippen molar-refractivity contribution < 1.29 is 13.2 Å². The predicted octanol–water partition coefficient (Wildman–Crippen LogP) is 3.46. The van der Waals surface area contributed by atoms with E-state index in [-0.39, 0.29) is 11.5 Å². The summed E-state index contributed by atoms with van der Waals surface area (Å²) in [6.45, 7) is 5.98. The molecule has 0 heterocycles. The van der Waals surface area contributed by atoms with Gasteiger partial charge in [-0.05, 0) is 43.0 Å². The number of carbonyl (C=O) groups is 1. The molecule has 0 saturated carbocycles. The van der Waals surface area contributed by atoms with E-state index in [0.717, 1.165) is 6.42 Å². The normalized spacial score (nSPS) is 11.6. The van der Waals surface area contributed by atoms with Crippen molar-refractivity contribution in [3.05, 3.63) is 29.8 Å². The number of Topliss-reactive ketones (excluding diaryl/α,β-unsaturated/α-hetero) is 1. The number of carbonyl (C=O) groups excluding carboxylic acids is 1. The molecule has 0 aliphatic heterocycles. The highest BCUT2D eigenvalue weighted by molar-refractivity contribution is 7.92. The summed E-state index contributed by atoms with van der Waals surface area (Å²) in [6, 6.07) is 6.62. The molecule has 20 heavy (non-hydrogen) atoms. The first-order valence-electron chi connectivity index (χ1n) is 6.98. The smallest absolute Gasteiger partial charge is 0.232 e. The van der Waals surface area contributed by atoms with Gasteiger partial charge in [0.1, 0.15) is 0 Å². The van der Waals surface area contributed by atoms with Crippen LogP contribution in [0.2, 0.25) is 0 Å². The number of hydrogen-bond acceptors (Lipinski definition) is 3. The molecule has 0 amide bonds. The lowest BCUT2D eigenvalue weighted by molar-refractivity contribution is 0.0975. The molecule has 0 aromatic heterocycles. The van der Waals surface area contributed by atoms with Crippen molar-refractivity contribution in [2.75, 3.05) is 10.5 Å². The zero-order chi connectivity index (χ0) is 15.2. The van der Waals surface area contributed by atoms with E-state index in [9.17, 15) is 13.2 Å². The van der Waals surface area contributed by atoms with Gasteiger partial charge >= 0.3 is 0 Å². The van der Waals surface area contributed by atoms with Gasteiger partial charge in [0, 0.05) is 17.7 Å². The fraction of sp³-hybridized carbons (Fsp3) is 0.533. The quantitative estimate of drug-likeness (QED) is 0.747. The number of ketones is 1. The van der Waals surface area contributed by atoms with Crippen LogP contribution in [0, 0.1) is 5.92 Å². The molecule has 0 saturated heterocycles. The monoisotopic (exact) mass is 297 g/mol. The molecule has 0 spiro atoms. The zero-order valence-corrected chi connectivity index (χ0v) is 13.2. The summed E-state index contributed by atoms with van der Waals surface area (Å²) in [7, 11) is -3.27. The third-order valence-corrected chi connectivity index (χ3v) is 4.39. The summed E-state index contributed by atoms with van der Waals surface area (Å²) in [5.74, 6) is 0.697. The Morgan fingerprint density at radius 2 is 1.80 bits per heavy atom. The van der Waals surface area contributed by atoms with Gasteiger partial charge in [0.15, 0.2) is 5.78 Å². The summed E-state index contributed by atoms with van der Waals surface area (Å²) in [4.78, 5) is 11.9. The van der Waals surface area contributed by atoms with Crippen LogP contribution in [0.25, 0.3) is 0 Å². The van der Waals surface area contributed by atoms with Gasteiger partial charge in [-0.2, -0.15) is 0 Å². The molecule has 0 aliphatic rings. The lowest BCUT2D eigenvalue weighted by Crippen LogP contribution is -2.16. The standard InChI is InChI=1S/C15H23NO3S/c1-4-11-20(18,19)16-14-8-6-13(7-9-14)15(17)10-5-12(2)3/h6-9,12,16H,4-5,10-11H2,1-3H3. The SMILES string of the molecule is CCCS(=O)(=O)Nc1ccc(C(=O)CCC(C)C)cc1. The van der Waals surface area contributed by atoms with Crippen LogP contribution in [0.1, 0.15) is 50.4 Å². The van der Waals surface area contributed by atoms with E-state index in [1.165, 1.54) is 0 Å². The summed E-state index contributed by atoms with van der Waals surface area (Å²) < 4.78 is 25.7. The van der Waals surface area contributed by atoms with Gasteiger partial charge in [0.2, 0.25) is 10.0 Å². The van der Waals surface area contributed by atoms with E-state index in [0.29, 0.717) is 30.0 Å². The molecule has 1 N–H and O–H groups in total. The fourth-order valence-electron chi connectivity index (χ4n) is 1.79. The minimum absolute atomic E-state index is 0.0988. The summed E-state index contributed by atoms with van der Waals surface area (Å²) in [5, 5.41) is 0. The highest BCUT2D eigenvalue weighted by Gasteiger charge is 2.10. The van der Waals surface area contributed by atoms with Crippen LogP contribution in [-0.2, 0) is 10.0 Å². The van der Waals surface area contributed by atoms with Gasteiger partial charge < -0.3 is 0 Å². The lowest BCUT2D eigenvalue weighted by Gasteiger charge is -2.08. The molecule has 0 fully saturated rings. The molecule has 0 radical (unpaired) electrons. The molecular formula is C15H23NO3S. The topological polar surface area (TPSA) is 63.2 Å². The van der Waals surface area contributed by atoms with Gasteiger partial charge in [-0.3, -0.25) is 9.52 Å². The van der Waals surface area contributed by atoms with Gasteiger partial charge in [-0.25, -0.2) is 8.42 Å². The Bertz CT molecular complexity index is 533. The third kappa shape index (κ3) is 5.74. The van der Waals surface area contributed by atoms with Gasteiger partial charge in [0.25, 0.3) is 0 Å². The molecule has 1 rings (SSSR count). The molecule has 0 bridgehead atoms. The summed E-state index contributed by atoms with van der Waals surface area (Å²) in [6.07, 6.45) is 1.96. The van der Waals surface area contributed by atoms with Crippen molar-refractivity contribution >= 4 is 21.5 Å². The molecule has 1 aromatic rings. The van der Waals surface area contributed by atoms with Crippen molar-refractivity contribution in [2.24, 2.45) is 5.92 Å². The first kappa shape index (κ1) is 16.7. The molecule has 5 heteroatoms. The maximum atomic E-state index is 11.9. The van der Waals surface area contributed by atoms with Crippen LogP contribution < -0.4 is 4.72 Å². The van der Waals surface area contributed by atoms with Gasteiger partial charge in [0.05, 0.1) is 5.75 Å². The Morgan fingerprint density at radius 3 is 2.30 bits per heavy atom. The van der Waals surface area contributed by atoms with E-state index >= 15 is 0 Å². The Balaban J connectivity index is 2.67. The van der Waals surface area contributed by atoms with E-state index in [2.05, 4.69) is 18.6 Å². The van der Waals surface area contributed by atoms with E-state index in [4.69, 9.17) is 0 Å². The predicted molar refractivity (Wildman–Crippen MR) is 82.5 cm³/mol. The third-order valence-electron chi connectivity index (χ3n) is 2.90. The number of hydrogen-bond donors (Lipinski definition) is 1. The average molecular weight is 297 g/mol. The molecular weight excluding hydrogens is 274 g/mol. The van der Waals surface area contributed by atoms with Crippen molar-refractivity contribution in [1.29, 1.82) is 0 Å². The maximum Gasteiger partial charge on any atom is 0.232 e. The number of sulfonamides is 1. The number of nitrogens with one attached hydrogen (secondary N) is 1. The molecule has 0 unspecified atom stereocenters. The summed E-state index contributed by atoms with van der Waals surface area (Å²) in [5.41, 5.74) is 1.13. The summed E-state index contributed by atoms with van der Waals surface area (Å²) >= 11 is 0. The van der Waals surface area contributed by atoms with Crippen LogP contribution in [0.5, 0.6) is 0 Å². The van der Waals surface area contributed by atoms with Crippen molar-refractivity contribution in [2.45, 2.75) is 40.0 Å². The number of rotatable bonds is 8. The van der Waals surface area contributed by atoms with E-state index in [1.54, 1.807) is 24.3 Å². The average Bonchev–Trinajstić information content (AvgIpc) is 2.36. The van der Waals surface area contributed by atoms with E-state index < -0.39 is 10.0 Å². The second kappa shape index (κ2) is 7.43. The van der Waals surface area contributed by atoms with Crippen LogP contribution >= 0.6 is 0 Å². The van der Waals surface area contributed by atoms with Crippen molar-refractivity contribution in [1.82, 2.24) is 0 Å². The largest absolute Gasteiger partial charge is 0.294 e. The van der Waals surface area contributed by atoms with Crippen molar-refractivity contribution in [3.63, 3.8) is 0 Å². The molecule has 112 valence electrons. The highest BCUT2D eigenvalue weighted by Crippen LogP contribution is 2.15. The Morgan fingerprint density at radius 1 is 1.20 bits per heavy atom. The number of anilines is 1. The molecule has 0 aliphatic carbocycles. The number of benzene rings is 1. The van der Waals surface area contributed by atoms with Gasteiger partial charge in [-0.15, -0.1) is 0 Å².